The summed E-state index contributed by atoms with van der Waals surface area (Å²) < 4.78 is 54.9. The molecule has 1 unspecified atom stereocenters. The molecule has 0 amide bonds. The van der Waals surface area contributed by atoms with Crippen LogP contribution in [0.2, 0.25) is 10.3 Å². The number of aromatic nitrogens is 2. The highest BCUT2D eigenvalue weighted by Gasteiger charge is 2.56. The number of hydrogen-bond donors (Lipinski definition) is 2. The van der Waals surface area contributed by atoms with E-state index in [0.29, 0.717) is 16.5 Å². The van der Waals surface area contributed by atoms with Crippen LogP contribution in [0.25, 0.3) is 10.9 Å². The molecule has 9 heteroatoms. The minimum Gasteiger partial charge on any atom is -0.380 e. The highest BCUT2D eigenvalue weighted by Crippen LogP contribution is 2.43. The van der Waals surface area contributed by atoms with Gasteiger partial charge in [0.1, 0.15) is 11.0 Å². The predicted molar refractivity (Wildman–Crippen MR) is 105 cm³/mol. The Morgan fingerprint density at radius 3 is 2.28 bits per heavy atom. The Morgan fingerprint density at radius 1 is 1.07 bits per heavy atom. The van der Waals surface area contributed by atoms with Crippen LogP contribution in [0.5, 0.6) is 0 Å². The van der Waals surface area contributed by atoms with Gasteiger partial charge in [0.25, 0.3) is 0 Å². The Labute approximate surface area is 174 Å². The summed E-state index contributed by atoms with van der Waals surface area (Å²) in [6.07, 6.45) is -6.25. The molecule has 1 aromatic carbocycles. The lowest BCUT2D eigenvalue weighted by Gasteiger charge is -2.38. The van der Waals surface area contributed by atoms with Crippen LogP contribution in [0.15, 0.2) is 36.4 Å². The van der Waals surface area contributed by atoms with Crippen molar-refractivity contribution in [1.29, 1.82) is 0 Å². The third kappa shape index (κ3) is 4.52. The lowest BCUT2D eigenvalue weighted by atomic mass is 9.73. The van der Waals surface area contributed by atoms with Gasteiger partial charge in [0.05, 0.1) is 5.52 Å². The van der Waals surface area contributed by atoms with Gasteiger partial charge >= 0.3 is 6.18 Å². The standard InChI is InChI=1S/C20H18Cl2F4N2O/c1-18(2,12-3-5-13(23)6-4-12)10-19(29,20(24,25)26)9-14-7-11-8-15(21)28-17(22)16(11)27-14/h3-8,27,29H,9-10H2,1-2H3. The average Bonchev–Trinajstić information content (AvgIpc) is 2.96. The van der Waals surface area contributed by atoms with Gasteiger partial charge in [-0.2, -0.15) is 13.2 Å². The molecule has 0 aliphatic rings. The smallest absolute Gasteiger partial charge is 0.380 e. The quantitative estimate of drug-likeness (QED) is 0.359. The maximum absolute atomic E-state index is 13.9. The maximum atomic E-state index is 13.9. The largest absolute Gasteiger partial charge is 0.417 e. The Bertz CT molecular complexity index is 1030. The van der Waals surface area contributed by atoms with Crippen molar-refractivity contribution in [2.75, 3.05) is 0 Å². The van der Waals surface area contributed by atoms with E-state index in [4.69, 9.17) is 23.2 Å². The van der Waals surface area contributed by atoms with Gasteiger partial charge in [-0.1, -0.05) is 49.2 Å². The topological polar surface area (TPSA) is 48.9 Å². The number of benzene rings is 1. The van der Waals surface area contributed by atoms with Gasteiger partial charge in [-0.15, -0.1) is 0 Å². The molecule has 0 bridgehead atoms. The number of nitrogens with one attached hydrogen (secondary N) is 1. The summed E-state index contributed by atoms with van der Waals surface area (Å²) in [5, 5.41) is 11.3. The second-order valence-corrected chi connectivity index (χ2v) is 8.51. The Hall–Kier alpha value is -1.83. The van der Waals surface area contributed by atoms with E-state index in [1.54, 1.807) is 13.8 Å². The van der Waals surface area contributed by atoms with Crippen LogP contribution in [-0.2, 0) is 11.8 Å². The van der Waals surface area contributed by atoms with E-state index in [0.717, 1.165) is 0 Å². The number of rotatable bonds is 5. The first-order chi connectivity index (χ1) is 13.3. The highest BCUT2D eigenvalue weighted by atomic mass is 35.5. The summed E-state index contributed by atoms with van der Waals surface area (Å²) in [6, 6.07) is 8.12. The lowest BCUT2D eigenvalue weighted by Crippen LogP contribution is -2.50. The number of nitrogens with zero attached hydrogens (tertiary/aromatic N) is 1. The molecule has 156 valence electrons. The fraction of sp³-hybridized carbons (Fsp3) is 0.350. The second-order valence-electron chi connectivity index (χ2n) is 7.77. The van der Waals surface area contributed by atoms with Crippen LogP contribution in [0, 0.1) is 5.82 Å². The molecule has 0 fully saturated rings. The van der Waals surface area contributed by atoms with Gasteiger partial charge in [0.15, 0.2) is 10.8 Å². The van der Waals surface area contributed by atoms with Crippen molar-refractivity contribution in [2.45, 2.75) is 43.9 Å². The molecule has 3 nitrogen and oxygen atoms in total. The summed E-state index contributed by atoms with van der Waals surface area (Å²) in [6.45, 7) is 3.14. The first kappa shape index (κ1) is 21.9. The average molecular weight is 449 g/mol. The minimum atomic E-state index is -4.90. The van der Waals surface area contributed by atoms with Crippen LogP contribution in [0.1, 0.15) is 31.5 Å². The van der Waals surface area contributed by atoms with Gasteiger partial charge in [-0.3, -0.25) is 0 Å². The molecule has 0 radical (unpaired) electrons. The number of halogens is 6. The van der Waals surface area contributed by atoms with E-state index >= 15 is 0 Å². The van der Waals surface area contributed by atoms with Crippen molar-refractivity contribution in [3.8, 4) is 0 Å². The zero-order valence-electron chi connectivity index (χ0n) is 15.5. The van der Waals surface area contributed by atoms with Crippen molar-refractivity contribution in [1.82, 2.24) is 9.97 Å². The van der Waals surface area contributed by atoms with Crippen LogP contribution in [0.3, 0.4) is 0 Å². The van der Waals surface area contributed by atoms with Crippen LogP contribution in [0.4, 0.5) is 17.6 Å². The van der Waals surface area contributed by atoms with Crippen molar-refractivity contribution < 1.29 is 22.7 Å². The number of alkyl halides is 3. The molecule has 0 aliphatic heterocycles. The number of fused-ring (bicyclic) bond motifs is 1. The first-order valence-corrected chi connectivity index (χ1v) is 9.45. The van der Waals surface area contributed by atoms with Gasteiger partial charge in [0, 0.05) is 17.5 Å². The number of pyridine rings is 1. The minimum absolute atomic E-state index is 0.0286. The molecule has 3 rings (SSSR count). The molecule has 0 spiro atoms. The molecule has 2 aromatic heterocycles. The van der Waals surface area contributed by atoms with E-state index in [9.17, 15) is 22.7 Å². The van der Waals surface area contributed by atoms with Gasteiger partial charge in [0.2, 0.25) is 0 Å². The molecular formula is C20H18Cl2F4N2O. The molecule has 0 aliphatic carbocycles. The third-order valence-electron chi connectivity index (χ3n) is 4.96. The van der Waals surface area contributed by atoms with Crippen LogP contribution in [-0.4, -0.2) is 26.9 Å². The van der Waals surface area contributed by atoms with Crippen molar-refractivity contribution in [2.24, 2.45) is 0 Å². The van der Waals surface area contributed by atoms with Gasteiger partial charge in [-0.05, 0) is 41.7 Å². The molecule has 2 N–H and O–H groups in total. The monoisotopic (exact) mass is 448 g/mol. The van der Waals surface area contributed by atoms with E-state index in [1.807, 2.05) is 0 Å². The van der Waals surface area contributed by atoms with Gasteiger partial charge < -0.3 is 10.1 Å². The van der Waals surface area contributed by atoms with E-state index in [-0.39, 0.29) is 16.0 Å². The van der Waals surface area contributed by atoms with Crippen LogP contribution < -0.4 is 0 Å². The number of aromatic amines is 1. The Balaban J connectivity index is 1.97. The van der Waals surface area contributed by atoms with Crippen molar-refractivity contribution in [3.05, 3.63) is 63.8 Å². The Kier molecular flexibility index (Phi) is 5.62. The molecule has 0 saturated heterocycles. The zero-order chi connectivity index (χ0) is 21.6. The molecule has 3 aromatic rings. The third-order valence-corrected chi connectivity index (χ3v) is 5.43. The SMILES string of the molecule is CC(C)(CC(O)(Cc1cc2cc(Cl)nc(Cl)c2[nH]1)C(F)(F)F)c1ccc(F)cc1. The first-order valence-electron chi connectivity index (χ1n) is 8.69. The Morgan fingerprint density at radius 2 is 1.69 bits per heavy atom. The fourth-order valence-electron chi connectivity index (χ4n) is 3.53. The lowest BCUT2D eigenvalue weighted by molar-refractivity contribution is -0.266. The number of hydrogen-bond acceptors (Lipinski definition) is 2. The van der Waals surface area contributed by atoms with Crippen molar-refractivity contribution >= 4 is 34.1 Å². The summed E-state index contributed by atoms with van der Waals surface area (Å²) >= 11 is 11.8. The maximum Gasteiger partial charge on any atom is 0.417 e. The molecule has 1 atom stereocenters. The summed E-state index contributed by atoms with van der Waals surface area (Å²) in [7, 11) is 0. The van der Waals surface area contributed by atoms with Crippen LogP contribution >= 0.6 is 23.2 Å². The summed E-state index contributed by atoms with van der Waals surface area (Å²) in [5.41, 5.74) is -3.14. The zero-order valence-corrected chi connectivity index (χ0v) is 17.1. The molecule has 0 saturated carbocycles. The summed E-state index contributed by atoms with van der Waals surface area (Å²) in [5.74, 6) is -0.488. The van der Waals surface area contributed by atoms with Gasteiger partial charge in [-0.25, -0.2) is 9.37 Å². The molecule has 2 heterocycles. The fourth-order valence-corrected chi connectivity index (χ4v) is 4.02. The van der Waals surface area contributed by atoms with E-state index in [1.165, 1.54) is 36.4 Å². The van der Waals surface area contributed by atoms with E-state index < -0.39 is 35.9 Å². The number of H-pyrrole nitrogens is 1. The molecule has 29 heavy (non-hydrogen) atoms. The normalized spacial score (nSPS) is 14.9. The second kappa shape index (κ2) is 7.45. The molecular weight excluding hydrogens is 431 g/mol. The predicted octanol–water partition coefficient (Wildman–Crippen LogP) is 6.21. The summed E-state index contributed by atoms with van der Waals surface area (Å²) in [4.78, 5) is 6.64. The van der Waals surface area contributed by atoms with E-state index in [2.05, 4.69) is 9.97 Å². The number of aliphatic hydroxyl groups is 1. The van der Waals surface area contributed by atoms with Crippen molar-refractivity contribution in [3.63, 3.8) is 0 Å². The highest BCUT2D eigenvalue weighted by molar-refractivity contribution is 6.36.